The number of carboxylic acids is 1. The monoisotopic (exact) mass is 312 g/mol. The van der Waals surface area contributed by atoms with Crippen LogP contribution in [0.2, 0.25) is 0 Å². The number of anilines is 1. The standard InChI is InChI=1S/C13H20N4O3S/c1-2-3-4-5-10-15-16-12(21-10)14-13(20)17-7-6-9(8-17)11(18)19/h9H,2-8H2,1H3,(H,18,19)(H,14,16,20). The van der Waals surface area contributed by atoms with Crippen molar-refractivity contribution in [2.24, 2.45) is 5.92 Å². The SMILES string of the molecule is CCCCCc1nnc(NC(=O)N2CCC(C(=O)O)C2)s1. The summed E-state index contributed by atoms with van der Waals surface area (Å²) in [5.74, 6) is -1.31. The van der Waals surface area contributed by atoms with Gasteiger partial charge < -0.3 is 10.0 Å². The first-order valence-electron chi connectivity index (χ1n) is 7.21. The third-order valence-corrected chi connectivity index (χ3v) is 4.40. The van der Waals surface area contributed by atoms with Crippen molar-refractivity contribution in [1.29, 1.82) is 0 Å². The van der Waals surface area contributed by atoms with Crippen molar-refractivity contribution in [3.05, 3.63) is 5.01 Å². The van der Waals surface area contributed by atoms with Gasteiger partial charge in [-0.15, -0.1) is 10.2 Å². The van der Waals surface area contributed by atoms with E-state index >= 15 is 0 Å². The predicted octanol–water partition coefficient (Wildman–Crippen LogP) is 2.21. The van der Waals surface area contributed by atoms with E-state index in [9.17, 15) is 9.59 Å². The molecule has 1 aliphatic rings. The Morgan fingerprint density at radius 1 is 1.43 bits per heavy atom. The highest BCUT2D eigenvalue weighted by atomic mass is 32.1. The van der Waals surface area contributed by atoms with E-state index in [4.69, 9.17) is 5.11 Å². The van der Waals surface area contributed by atoms with Crippen LogP contribution in [-0.4, -0.2) is 45.3 Å². The van der Waals surface area contributed by atoms with Gasteiger partial charge in [-0.2, -0.15) is 0 Å². The number of rotatable bonds is 6. The number of aliphatic carboxylic acids is 1. The number of likely N-dealkylation sites (tertiary alicyclic amines) is 1. The second kappa shape index (κ2) is 7.35. The first-order chi connectivity index (χ1) is 10.1. The zero-order valence-electron chi connectivity index (χ0n) is 12.0. The van der Waals surface area contributed by atoms with Gasteiger partial charge in [0.05, 0.1) is 5.92 Å². The van der Waals surface area contributed by atoms with Crippen LogP contribution in [0.5, 0.6) is 0 Å². The number of nitrogens with zero attached hydrogens (tertiary/aromatic N) is 3. The molecule has 1 aromatic rings. The molecule has 1 aromatic heterocycles. The fourth-order valence-electron chi connectivity index (χ4n) is 2.25. The summed E-state index contributed by atoms with van der Waals surface area (Å²) in [6.45, 7) is 2.86. The lowest BCUT2D eigenvalue weighted by molar-refractivity contribution is -0.141. The third-order valence-electron chi connectivity index (χ3n) is 3.50. The maximum Gasteiger partial charge on any atom is 0.323 e. The Kier molecular flexibility index (Phi) is 5.49. The van der Waals surface area contributed by atoms with Crippen LogP contribution in [0.15, 0.2) is 0 Å². The molecule has 0 aliphatic carbocycles. The first kappa shape index (κ1) is 15.7. The lowest BCUT2D eigenvalue weighted by Crippen LogP contribution is -2.33. The fraction of sp³-hybridized carbons (Fsp3) is 0.692. The molecule has 116 valence electrons. The van der Waals surface area contributed by atoms with Gasteiger partial charge in [0.25, 0.3) is 0 Å². The van der Waals surface area contributed by atoms with Gasteiger partial charge in [0.15, 0.2) is 0 Å². The van der Waals surface area contributed by atoms with Gasteiger partial charge in [-0.05, 0) is 12.8 Å². The molecule has 1 fully saturated rings. The molecular formula is C13H20N4O3S. The van der Waals surface area contributed by atoms with Crippen molar-refractivity contribution in [2.45, 2.75) is 39.0 Å². The number of urea groups is 1. The highest BCUT2D eigenvalue weighted by Crippen LogP contribution is 2.20. The summed E-state index contributed by atoms with van der Waals surface area (Å²) in [4.78, 5) is 24.4. The van der Waals surface area contributed by atoms with Crippen molar-refractivity contribution in [1.82, 2.24) is 15.1 Å². The van der Waals surface area contributed by atoms with Gasteiger partial charge in [-0.1, -0.05) is 31.1 Å². The number of aromatic nitrogens is 2. The second-order valence-corrected chi connectivity index (χ2v) is 6.22. The van der Waals surface area contributed by atoms with Crippen molar-refractivity contribution >= 4 is 28.5 Å². The molecule has 1 aliphatic heterocycles. The van der Waals surface area contributed by atoms with Crippen LogP contribution in [0.4, 0.5) is 9.93 Å². The van der Waals surface area contributed by atoms with E-state index in [1.54, 1.807) is 0 Å². The zero-order valence-corrected chi connectivity index (χ0v) is 12.9. The summed E-state index contributed by atoms with van der Waals surface area (Å²) >= 11 is 1.38. The Labute approximate surface area is 127 Å². The molecule has 0 spiro atoms. The number of unbranched alkanes of at least 4 members (excludes halogenated alkanes) is 2. The molecule has 0 aromatic carbocycles. The number of amides is 2. The summed E-state index contributed by atoms with van der Waals surface area (Å²) < 4.78 is 0. The Hall–Kier alpha value is -1.70. The highest BCUT2D eigenvalue weighted by molar-refractivity contribution is 7.15. The lowest BCUT2D eigenvalue weighted by Gasteiger charge is -2.14. The largest absolute Gasteiger partial charge is 0.481 e. The van der Waals surface area contributed by atoms with Gasteiger partial charge >= 0.3 is 12.0 Å². The van der Waals surface area contributed by atoms with Crippen LogP contribution in [0.3, 0.4) is 0 Å². The van der Waals surface area contributed by atoms with E-state index in [-0.39, 0.29) is 12.6 Å². The number of hydrogen-bond donors (Lipinski definition) is 2. The van der Waals surface area contributed by atoms with Crippen molar-refractivity contribution < 1.29 is 14.7 Å². The van der Waals surface area contributed by atoms with E-state index < -0.39 is 11.9 Å². The summed E-state index contributed by atoms with van der Waals surface area (Å²) in [5.41, 5.74) is 0. The molecule has 2 N–H and O–H groups in total. The zero-order chi connectivity index (χ0) is 15.2. The van der Waals surface area contributed by atoms with Gasteiger partial charge in [0, 0.05) is 19.5 Å². The maximum absolute atomic E-state index is 12.0. The molecule has 2 amide bonds. The highest BCUT2D eigenvalue weighted by Gasteiger charge is 2.31. The molecule has 0 radical (unpaired) electrons. The number of nitrogens with one attached hydrogen (secondary N) is 1. The normalized spacial score (nSPS) is 18.0. The smallest absolute Gasteiger partial charge is 0.323 e. The number of carbonyl (C=O) groups excluding carboxylic acids is 1. The van der Waals surface area contributed by atoms with E-state index in [1.807, 2.05) is 0 Å². The Morgan fingerprint density at radius 2 is 2.24 bits per heavy atom. The van der Waals surface area contributed by atoms with E-state index in [0.717, 1.165) is 30.7 Å². The van der Waals surface area contributed by atoms with Crippen LogP contribution in [-0.2, 0) is 11.2 Å². The molecule has 1 atom stereocenters. The van der Waals surface area contributed by atoms with Crippen LogP contribution >= 0.6 is 11.3 Å². The molecule has 2 rings (SSSR count). The topological polar surface area (TPSA) is 95.4 Å². The Morgan fingerprint density at radius 3 is 2.90 bits per heavy atom. The molecular weight excluding hydrogens is 292 g/mol. The van der Waals surface area contributed by atoms with Crippen LogP contribution in [0.1, 0.15) is 37.6 Å². The van der Waals surface area contributed by atoms with Gasteiger partial charge in [-0.3, -0.25) is 10.1 Å². The molecule has 7 nitrogen and oxygen atoms in total. The third kappa shape index (κ3) is 4.38. The quantitative estimate of drug-likeness (QED) is 0.785. The van der Waals surface area contributed by atoms with E-state index in [2.05, 4.69) is 22.4 Å². The molecule has 2 heterocycles. The number of aryl methyl sites for hydroxylation is 1. The molecule has 0 saturated carbocycles. The minimum absolute atomic E-state index is 0.253. The van der Waals surface area contributed by atoms with E-state index in [1.165, 1.54) is 16.2 Å². The van der Waals surface area contributed by atoms with Crippen LogP contribution in [0.25, 0.3) is 0 Å². The summed E-state index contributed by atoms with van der Waals surface area (Å²) in [7, 11) is 0. The van der Waals surface area contributed by atoms with Gasteiger partial charge in [0.1, 0.15) is 5.01 Å². The average Bonchev–Trinajstić information content (AvgIpc) is 3.08. The molecule has 1 saturated heterocycles. The number of carbonyl (C=O) groups is 2. The summed E-state index contributed by atoms with van der Waals surface area (Å²) in [6, 6.07) is -0.296. The van der Waals surface area contributed by atoms with Crippen molar-refractivity contribution in [2.75, 3.05) is 18.4 Å². The predicted molar refractivity (Wildman–Crippen MR) is 79.5 cm³/mol. The summed E-state index contributed by atoms with van der Waals surface area (Å²) in [6.07, 6.45) is 4.77. The average molecular weight is 312 g/mol. The van der Waals surface area contributed by atoms with Crippen molar-refractivity contribution in [3.63, 3.8) is 0 Å². The van der Waals surface area contributed by atoms with Gasteiger partial charge in [-0.25, -0.2) is 4.79 Å². The fourth-order valence-corrected chi connectivity index (χ4v) is 3.02. The number of hydrogen-bond acceptors (Lipinski definition) is 5. The second-order valence-electron chi connectivity index (χ2n) is 5.16. The first-order valence-corrected chi connectivity index (χ1v) is 8.03. The minimum Gasteiger partial charge on any atom is -0.481 e. The molecule has 0 bridgehead atoms. The number of carboxylic acid groups (broad SMARTS) is 1. The Balaban J connectivity index is 1.82. The van der Waals surface area contributed by atoms with Gasteiger partial charge in [0.2, 0.25) is 5.13 Å². The lowest BCUT2D eigenvalue weighted by atomic mass is 10.1. The molecule has 8 heteroatoms. The Bertz CT molecular complexity index is 505. The molecule has 1 unspecified atom stereocenters. The van der Waals surface area contributed by atoms with Crippen LogP contribution < -0.4 is 5.32 Å². The minimum atomic E-state index is -0.848. The van der Waals surface area contributed by atoms with Crippen LogP contribution in [0, 0.1) is 5.92 Å². The molecule has 21 heavy (non-hydrogen) atoms. The van der Waals surface area contributed by atoms with Crippen molar-refractivity contribution in [3.8, 4) is 0 Å². The maximum atomic E-state index is 12.0. The summed E-state index contributed by atoms with van der Waals surface area (Å²) in [5, 5.41) is 21.0. The van der Waals surface area contributed by atoms with E-state index in [0.29, 0.717) is 18.1 Å².